The van der Waals surface area contributed by atoms with Crippen LogP contribution in [0.3, 0.4) is 0 Å². The van der Waals surface area contributed by atoms with Gasteiger partial charge in [-0.25, -0.2) is 0 Å². The minimum Gasteiger partial charge on any atom is -0.492 e. The molecule has 2 unspecified atom stereocenters. The minimum atomic E-state index is 0.675. The van der Waals surface area contributed by atoms with Gasteiger partial charge in [0.1, 0.15) is 12.4 Å². The lowest BCUT2D eigenvalue weighted by molar-refractivity contribution is 0.187. The number of fused-ring (bicyclic) bond motifs is 2. The van der Waals surface area contributed by atoms with Crippen LogP contribution >= 0.6 is 0 Å². The zero-order valence-electron chi connectivity index (χ0n) is 12.7. The molecule has 0 N–H and O–H groups in total. The van der Waals surface area contributed by atoms with E-state index in [9.17, 15) is 0 Å². The number of likely N-dealkylation sites (N-methyl/N-ethyl adjacent to an activating group) is 1. The van der Waals surface area contributed by atoms with E-state index in [-0.39, 0.29) is 0 Å². The molecule has 2 saturated heterocycles. The van der Waals surface area contributed by atoms with E-state index in [1.807, 2.05) is 12.1 Å². The van der Waals surface area contributed by atoms with Crippen LogP contribution in [0.1, 0.15) is 24.8 Å². The Balaban J connectivity index is 1.46. The van der Waals surface area contributed by atoms with Crippen LogP contribution in [0.4, 0.5) is 0 Å². The van der Waals surface area contributed by atoms with Crippen molar-refractivity contribution in [3.8, 4) is 11.8 Å². The fraction of sp³-hybridized carbons (Fsp3) is 0.588. The molecule has 4 heteroatoms. The number of likely N-dealkylation sites (tertiary alicyclic amines) is 1. The van der Waals surface area contributed by atoms with Crippen molar-refractivity contribution in [2.75, 3.05) is 33.3 Å². The predicted octanol–water partition coefficient (Wildman–Crippen LogP) is 2.11. The van der Waals surface area contributed by atoms with Gasteiger partial charge in [0.05, 0.1) is 11.6 Å². The maximum absolute atomic E-state index is 8.77. The third kappa shape index (κ3) is 3.37. The van der Waals surface area contributed by atoms with Crippen LogP contribution in [0, 0.1) is 11.3 Å². The second-order valence-electron chi connectivity index (χ2n) is 6.12. The molecule has 0 saturated carbocycles. The van der Waals surface area contributed by atoms with Gasteiger partial charge in [-0.2, -0.15) is 5.26 Å². The Morgan fingerprint density at radius 1 is 1.19 bits per heavy atom. The van der Waals surface area contributed by atoms with E-state index >= 15 is 0 Å². The quantitative estimate of drug-likeness (QED) is 0.849. The highest BCUT2D eigenvalue weighted by molar-refractivity contribution is 5.34. The first-order valence-electron chi connectivity index (χ1n) is 7.83. The van der Waals surface area contributed by atoms with Crippen molar-refractivity contribution in [2.24, 2.45) is 0 Å². The molecule has 2 aliphatic rings. The van der Waals surface area contributed by atoms with E-state index < -0.39 is 0 Å². The van der Waals surface area contributed by atoms with E-state index in [0.29, 0.717) is 12.2 Å². The molecule has 0 spiro atoms. The zero-order valence-corrected chi connectivity index (χ0v) is 12.7. The van der Waals surface area contributed by atoms with Crippen molar-refractivity contribution < 1.29 is 4.74 Å². The molecule has 2 heterocycles. The molecule has 0 aliphatic carbocycles. The van der Waals surface area contributed by atoms with Gasteiger partial charge in [-0.15, -0.1) is 0 Å². The molecule has 0 aromatic heterocycles. The van der Waals surface area contributed by atoms with Crippen molar-refractivity contribution in [1.82, 2.24) is 9.80 Å². The van der Waals surface area contributed by atoms with E-state index in [0.717, 1.165) is 24.4 Å². The van der Waals surface area contributed by atoms with Crippen molar-refractivity contribution in [1.29, 1.82) is 5.26 Å². The Morgan fingerprint density at radius 2 is 1.95 bits per heavy atom. The Kier molecular flexibility index (Phi) is 4.42. The lowest BCUT2D eigenvalue weighted by Crippen LogP contribution is -2.38. The summed E-state index contributed by atoms with van der Waals surface area (Å²) in [6.45, 7) is 4.05. The molecule has 21 heavy (non-hydrogen) atoms. The molecule has 3 rings (SSSR count). The molecule has 0 amide bonds. The van der Waals surface area contributed by atoms with Gasteiger partial charge in [0.25, 0.3) is 0 Å². The molecule has 1 aromatic rings. The first kappa shape index (κ1) is 14.4. The van der Waals surface area contributed by atoms with Crippen molar-refractivity contribution in [3.05, 3.63) is 29.8 Å². The minimum absolute atomic E-state index is 0.675. The first-order chi connectivity index (χ1) is 10.3. The molecule has 0 radical (unpaired) electrons. The maximum atomic E-state index is 8.77. The van der Waals surface area contributed by atoms with Gasteiger partial charge in [0.2, 0.25) is 0 Å². The molecule has 2 fully saturated rings. The third-order valence-corrected chi connectivity index (χ3v) is 4.89. The van der Waals surface area contributed by atoms with Crippen LogP contribution in [0.15, 0.2) is 24.3 Å². The van der Waals surface area contributed by atoms with Crippen molar-refractivity contribution >= 4 is 0 Å². The summed E-state index contributed by atoms with van der Waals surface area (Å²) in [5.41, 5.74) is 0.675. The highest BCUT2D eigenvalue weighted by atomic mass is 16.5. The molecule has 1 aromatic carbocycles. The van der Waals surface area contributed by atoms with E-state index in [2.05, 4.69) is 22.9 Å². The zero-order chi connectivity index (χ0) is 14.7. The second kappa shape index (κ2) is 6.46. The number of nitriles is 1. The van der Waals surface area contributed by atoms with Crippen molar-refractivity contribution in [3.63, 3.8) is 0 Å². The van der Waals surface area contributed by atoms with Gasteiger partial charge in [-0.3, -0.25) is 9.80 Å². The van der Waals surface area contributed by atoms with Crippen LogP contribution in [0.2, 0.25) is 0 Å². The van der Waals surface area contributed by atoms with Crippen LogP contribution in [-0.2, 0) is 0 Å². The maximum Gasteiger partial charge on any atom is 0.119 e. The standard InChI is InChI=1S/C17H23N3O/c1-19-15-4-5-16(19)13-20(9-8-15)10-11-21-17-6-2-14(12-18)3-7-17/h2-3,6-7,15-16H,4-5,8-11,13H2,1H3. The largest absolute Gasteiger partial charge is 0.492 e. The number of ether oxygens (including phenoxy) is 1. The fourth-order valence-corrected chi connectivity index (χ4v) is 3.50. The molecule has 2 aliphatic heterocycles. The summed E-state index contributed by atoms with van der Waals surface area (Å²) < 4.78 is 5.79. The molecule has 4 nitrogen and oxygen atoms in total. The monoisotopic (exact) mass is 285 g/mol. The molecular weight excluding hydrogens is 262 g/mol. The fourth-order valence-electron chi connectivity index (χ4n) is 3.50. The lowest BCUT2D eigenvalue weighted by atomic mass is 10.1. The highest BCUT2D eigenvalue weighted by Gasteiger charge is 2.34. The number of rotatable bonds is 4. The first-order valence-corrected chi connectivity index (χ1v) is 7.83. The van der Waals surface area contributed by atoms with E-state index in [1.54, 1.807) is 12.1 Å². The second-order valence-corrected chi connectivity index (χ2v) is 6.12. The number of hydrogen-bond donors (Lipinski definition) is 0. The predicted molar refractivity (Wildman–Crippen MR) is 82.3 cm³/mol. The van der Waals surface area contributed by atoms with Gasteiger partial charge < -0.3 is 4.74 Å². The van der Waals surface area contributed by atoms with E-state index in [4.69, 9.17) is 10.00 Å². The van der Waals surface area contributed by atoms with Gasteiger partial charge in [-0.1, -0.05) is 0 Å². The average Bonchev–Trinajstić information content (AvgIpc) is 2.75. The normalized spacial score (nSPS) is 26.3. The Morgan fingerprint density at radius 3 is 2.71 bits per heavy atom. The Hall–Kier alpha value is -1.57. The SMILES string of the molecule is CN1C2CCC1CN(CCOc1ccc(C#N)cc1)CC2. The Bertz CT molecular complexity index is 508. The summed E-state index contributed by atoms with van der Waals surface area (Å²) in [6, 6.07) is 11.0. The molecule has 2 atom stereocenters. The molecule has 2 bridgehead atoms. The summed E-state index contributed by atoms with van der Waals surface area (Å²) in [7, 11) is 2.28. The van der Waals surface area contributed by atoms with Crippen LogP contribution < -0.4 is 4.74 Å². The summed E-state index contributed by atoms with van der Waals surface area (Å²) in [4.78, 5) is 5.10. The summed E-state index contributed by atoms with van der Waals surface area (Å²) in [5, 5.41) is 8.77. The number of benzene rings is 1. The van der Waals surface area contributed by atoms with Gasteiger partial charge in [0, 0.05) is 25.2 Å². The van der Waals surface area contributed by atoms with Crippen LogP contribution in [0.25, 0.3) is 0 Å². The van der Waals surface area contributed by atoms with E-state index in [1.165, 1.54) is 32.4 Å². The third-order valence-electron chi connectivity index (χ3n) is 4.89. The highest BCUT2D eigenvalue weighted by Crippen LogP contribution is 2.28. The Labute approximate surface area is 126 Å². The molecular formula is C17H23N3O. The van der Waals surface area contributed by atoms with Gasteiger partial charge in [0.15, 0.2) is 0 Å². The summed E-state index contributed by atoms with van der Waals surface area (Å²) in [6.07, 6.45) is 3.99. The van der Waals surface area contributed by atoms with Gasteiger partial charge >= 0.3 is 0 Å². The average molecular weight is 285 g/mol. The van der Waals surface area contributed by atoms with Crippen molar-refractivity contribution in [2.45, 2.75) is 31.3 Å². The number of nitrogens with zero attached hydrogens (tertiary/aromatic N) is 3. The summed E-state index contributed by atoms with van der Waals surface area (Å²) in [5.74, 6) is 0.850. The topological polar surface area (TPSA) is 39.5 Å². The van der Waals surface area contributed by atoms with Crippen LogP contribution in [0.5, 0.6) is 5.75 Å². The molecule has 112 valence electrons. The van der Waals surface area contributed by atoms with Gasteiger partial charge in [-0.05, 0) is 57.1 Å². The number of hydrogen-bond acceptors (Lipinski definition) is 4. The summed E-state index contributed by atoms with van der Waals surface area (Å²) >= 11 is 0. The smallest absolute Gasteiger partial charge is 0.119 e. The van der Waals surface area contributed by atoms with Crippen LogP contribution in [-0.4, -0.2) is 55.2 Å². The lowest BCUT2D eigenvalue weighted by Gasteiger charge is -2.25.